The van der Waals surface area contributed by atoms with Crippen LogP contribution in [0.2, 0.25) is 0 Å². The Bertz CT molecular complexity index is 541. The molecule has 1 heterocycles. The lowest BCUT2D eigenvalue weighted by Gasteiger charge is -2.32. The number of hydrogen-bond acceptors (Lipinski definition) is 3. The van der Waals surface area contributed by atoms with Gasteiger partial charge in [0.25, 0.3) is 0 Å². The molecule has 0 amide bonds. The van der Waals surface area contributed by atoms with Crippen LogP contribution in [-0.4, -0.2) is 68.6 Å². The van der Waals surface area contributed by atoms with Gasteiger partial charge in [0, 0.05) is 39.3 Å². The average molecular weight is 487 g/mol. The first-order chi connectivity index (χ1) is 12.7. The number of aryl methyl sites for hydroxylation is 1. The van der Waals surface area contributed by atoms with Crippen molar-refractivity contribution in [3.05, 3.63) is 35.4 Å². The summed E-state index contributed by atoms with van der Waals surface area (Å²) in [6, 6.07) is 8.59. The average Bonchev–Trinajstić information content (AvgIpc) is 2.67. The topological polar surface area (TPSA) is 42.9 Å². The number of nitrogens with zero attached hydrogens (tertiary/aromatic N) is 3. The Morgan fingerprint density at radius 2 is 1.70 bits per heavy atom. The summed E-state index contributed by atoms with van der Waals surface area (Å²) in [4.78, 5) is 9.76. The molecule has 1 aliphatic heterocycles. The van der Waals surface area contributed by atoms with Crippen LogP contribution in [0.1, 0.15) is 37.8 Å². The van der Waals surface area contributed by atoms with Crippen molar-refractivity contribution in [1.29, 1.82) is 0 Å². The fraction of sp³-hybridized carbons (Fsp3) is 0.667. The van der Waals surface area contributed by atoms with E-state index in [-0.39, 0.29) is 24.0 Å². The van der Waals surface area contributed by atoms with Gasteiger partial charge in [-0.05, 0) is 50.9 Å². The van der Waals surface area contributed by atoms with Crippen molar-refractivity contribution >= 4 is 29.9 Å². The molecule has 1 fully saturated rings. The van der Waals surface area contributed by atoms with Crippen molar-refractivity contribution in [2.45, 2.75) is 39.7 Å². The first kappa shape index (κ1) is 24.2. The summed E-state index contributed by atoms with van der Waals surface area (Å²) in [5, 5.41) is 6.84. The van der Waals surface area contributed by atoms with E-state index in [9.17, 15) is 0 Å². The van der Waals surface area contributed by atoms with Crippen LogP contribution in [-0.2, 0) is 13.0 Å². The number of hydrogen-bond donors (Lipinski definition) is 2. The number of piperazine rings is 1. The van der Waals surface area contributed by atoms with Crippen LogP contribution in [0.4, 0.5) is 0 Å². The largest absolute Gasteiger partial charge is 0.357 e. The van der Waals surface area contributed by atoms with Gasteiger partial charge in [-0.25, -0.2) is 4.99 Å². The molecule has 2 N–H and O–H groups in total. The Balaban J connectivity index is 0.00000364. The summed E-state index contributed by atoms with van der Waals surface area (Å²) in [5.74, 6) is 0.929. The van der Waals surface area contributed by atoms with Crippen LogP contribution >= 0.6 is 24.0 Å². The van der Waals surface area contributed by atoms with E-state index in [2.05, 4.69) is 65.6 Å². The number of unbranched alkanes of at least 4 members (excludes halogenated alkanes) is 1. The second kappa shape index (κ2) is 14.2. The molecule has 0 bridgehead atoms. The quantitative estimate of drug-likeness (QED) is 0.243. The third kappa shape index (κ3) is 9.25. The van der Waals surface area contributed by atoms with Crippen LogP contribution in [0, 0.1) is 0 Å². The van der Waals surface area contributed by atoms with E-state index in [1.165, 1.54) is 56.7 Å². The molecular formula is C21H38IN5. The number of halogens is 1. The standard InChI is InChI=1S/C21H37N5.HI/c1-4-19-10-6-7-11-20(19)18-24-21(22-5-2)23-12-8-9-13-26-16-14-25(3)15-17-26;/h6-7,10-11H,4-5,8-9,12-18H2,1-3H3,(H2,22,23,24);1H. The van der Waals surface area contributed by atoms with Gasteiger partial charge < -0.3 is 20.4 Å². The van der Waals surface area contributed by atoms with E-state index in [1.54, 1.807) is 0 Å². The molecule has 1 aromatic carbocycles. The van der Waals surface area contributed by atoms with Gasteiger partial charge in [0.1, 0.15) is 0 Å². The summed E-state index contributed by atoms with van der Waals surface area (Å²) >= 11 is 0. The highest BCUT2D eigenvalue weighted by Crippen LogP contribution is 2.10. The zero-order chi connectivity index (χ0) is 18.6. The Kier molecular flexibility index (Phi) is 12.7. The number of benzene rings is 1. The maximum atomic E-state index is 4.77. The number of nitrogens with one attached hydrogen (secondary N) is 2. The summed E-state index contributed by atoms with van der Waals surface area (Å²) < 4.78 is 0. The lowest BCUT2D eigenvalue weighted by atomic mass is 10.1. The van der Waals surface area contributed by atoms with Gasteiger partial charge in [-0.15, -0.1) is 24.0 Å². The second-order valence-corrected chi connectivity index (χ2v) is 7.10. The van der Waals surface area contributed by atoms with Crippen LogP contribution < -0.4 is 10.6 Å². The van der Waals surface area contributed by atoms with E-state index >= 15 is 0 Å². The van der Waals surface area contributed by atoms with E-state index in [0.29, 0.717) is 0 Å². The number of aliphatic imine (C=N–C) groups is 1. The van der Waals surface area contributed by atoms with Gasteiger partial charge >= 0.3 is 0 Å². The third-order valence-electron chi connectivity index (χ3n) is 5.04. The van der Waals surface area contributed by atoms with Crippen molar-refractivity contribution in [2.75, 3.05) is 52.9 Å². The van der Waals surface area contributed by atoms with Gasteiger partial charge in [0.15, 0.2) is 5.96 Å². The van der Waals surface area contributed by atoms with Crippen molar-refractivity contribution < 1.29 is 0 Å². The highest BCUT2D eigenvalue weighted by molar-refractivity contribution is 14.0. The van der Waals surface area contributed by atoms with Gasteiger partial charge in [-0.3, -0.25) is 0 Å². The maximum Gasteiger partial charge on any atom is 0.191 e. The van der Waals surface area contributed by atoms with Gasteiger partial charge in [-0.2, -0.15) is 0 Å². The molecular weight excluding hydrogens is 449 g/mol. The van der Waals surface area contributed by atoms with Gasteiger partial charge in [-0.1, -0.05) is 31.2 Å². The minimum atomic E-state index is 0. The third-order valence-corrected chi connectivity index (χ3v) is 5.04. The van der Waals surface area contributed by atoms with E-state index in [0.717, 1.165) is 32.0 Å². The maximum absolute atomic E-state index is 4.77. The number of rotatable bonds is 9. The van der Waals surface area contributed by atoms with E-state index in [1.807, 2.05) is 0 Å². The van der Waals surface area contributed by atoms with Crippen molar-refractivity contribution in [2.24, 2.45) is 4.99 Å². The summed E-state index contributed by atoms with van der Waals surface area (Å²) in [5.41, 5.74) is 2.71. The van der Waals surface area contributed by atoms with E-state index < -0.39 is 0 Å². The molecule has 154 valence electrons. The first-order valence-electron chi connectivity index (χ1n) is 10.2. The van der Waals surface area contributed by atoms with Crippen molar-refractivity contribution in [1.82, 2.24) is 20.4 Å². The first-order valence-corrected chi connectivity index (χ1v) is 10.2. The zero-order valence-corrected chi connectivity index (χ0v) is 19.7. The molecule has 0 radical (unpaired) electrons. The highest BCUT2D eigenvalue weighted by atomic mass is 127. The number of likely N-dealkylation sites (N-methyl/N-ethyl adjacent to an activating group) is 1. The van der Waals surface area contributed by atoms with E-state index in [4.69, 9.17) is 4.99 Å². The molecule has 0 spiro atoms. The fourth-order valence-electron chi connectivity index (χ4n) is 3.30. The highest BCUT2D eigenvalue weighted by Gasteiger charge is 2.12. The van der Waals surface area contributed by atoms with Crippen LogP contribution in [0.25, 0.3) is 0 Å². The van der Waals surface area contributed by atoms with Crippen LogP contribution in [0.5, 0.6) is 0 Å². The normalized spacial score (nSPS) is 16.0. The Hall–Kier alpha value is -0.860. The molecule has 0 aromatic heterocycles. The molecule has 0 saturated carbocycles. The van der Waals surface area contributed by atoms with Crippen LogP contribution in [0.3, 0.4) is 0 Å². The Morgan fingerprint density at radius 3 is 2.37 bits per heavy atom. The SMILES string of the molecule is CCNC(=NCc1ccccc1CC)NCCCCN1CCN(C)CC1.I. The lowest BCUT2D eigenvalue weighted by molar-refractivity contribution is 0.152. The molecule has 6 heteroatoms. The van der Waals surface area contributed by atoms with Gasteiger partial charge in [0.05, 0.1) is 6.54 Å². The Morgan fingerprint density at radius 1 is 1.00 bits per heavy atom. The lowest BCUT2D eigenvalue weighted by Crippen LogP contribution is -2.44. The second-order valence-electron chi connectivity index (χ2n) is 7.10. The molecule has 0 atom stereocenters. The molecule has 2 rings (SSSR count). The predicted octanol–water partition coefficient (Wildman–Crippen LogP) is 2.95. The molecule has 27 heavy (non-hydrogen) atoms. The molecule has 5 nitrogen and oxygen atoms in total. The molecule has 1 aromatic rings. The molecule has 1 aliphatic rings. The predicted molar refractivity (Wildman–Crippen MR) is 127 cm³/mol. The molecule has 0 unspecified atom stereocenters. The summed E-state index contributed by atoms with van der Waals surface area (Å²) in [6.45, 7) is 13.0. The monoisotopic (exact) mass is 487 g/mol. The van der Waals surface area contributed by atoms with Crippen molar-refractivity contribution in [3.8, 4) is 0 Å². The molecule has 0 aliphatic carbocycles. The summed E-state index contributed by atoms with van der Waals surface area (Å²) in [7, 11) is 2.21. The van der Waals surface area contributed by atoms with Crippen molar-refractivity contribution in [3.63, 3.8) is 0 Å². The Labute approximate surface area is 183 Å². The number of guanidine groups is 1. The van der Waals surface area contributed by atoms with Crippen LogP contribution in [0.15, 0.2) is 29.3 Å². The minimum Gasteiger partial charge on any atom is -0.357 e. The smallest absolute Gasteiger partial charge is 0.191 e. The minimum absolute atomic E-state index is 0. The molecule has 1 saturated heterocycles. The van der Waals surface area contributed by atoms with Gasteiger partial charge in [0.2, 0.25) is 0 Å². The summed E-state index contributed by atoms with van der Waals surface area (Å²) in [6.07, 6.45) is 3.49. The zero-order valence-electron chi connectivity index (χ0n) is 17.3. The fourth-order valence-corrected chi connectivity index (χ4v) is 3.30.